The van der Waals surface area contributed by atoms with Crippen LogP contribution in [0.15, 0.2) is 18.3 Å². The molecule has 0 aromatic carbocycles. The summed E-state index contributed by atoms with van der Waals surface area (Å²) in [6, 6.07) is 3.17. The Kier molecular flexibility index (Phi) is 1.84. The van der Waals surface area contributed by atoms with Crippen LogP contribution < -0.4 is 0 Å². The molecular formula is C10H10N2O2. The number of hydrogen-bond acceptors (Lipinski definition) is 3. The first-order valence-corrected chi connectivity index (χ1v) is 4.46. The third-order valence-corrected chi connectivity index (χ3v) is 2.19. The summed E-state index contributed by atoms with van der Waals surface area (Å²) in [7, 11) is 0. The van der Waals surface area contributed by atoms with E-state index in [4.69, 9.17) is 0 Å². The van der Waals surface area contributed by atoms with Gasteiger partial charge < -0.3 is 0 Å². The summed E-state index contributed by atoms with van der Waals surface area (Å²) in [5.41, 5.74) is 0.678. The van der Waals surface area contributed by atoms with Gasteiger partial charge in [0.25, 0.3) is 11.8 Å². The Morgan fingerprint density at radius 1 is 1.29 bits per heavy atom. The average molecular weight is 190 g/mol. The molecule has 1 aliphatic rings. The summed E-state index contributed by atoms with van der Waals surface area (Å²) in [4.78, 5) is 28.6. The number of pyridine rings is 1. The van der Waals surface area contributed by atoms with Crippen LogP contribution in [-0.4, -0.2) is 27.7 Å². The van der Waals surface area contributed by atoms with E-state index in [1.54, 1.807) is 12.1 Å². The van der Waals surface area contributed by atoms with Gasteiger partial charge in [-0.1, -0.05) is 0 Å². The van der Waals surface area contributed by atoms with Crippen molar-refractivity contribution in [2.24, 2.45) is 0 Å². The van der Waals surface area contributed by atoms with Crippen molar-refractivity contribution >= 4 is 11.8 Å². The van der Waals surface area contributed by atoms with E-state index in [0.29, 0.717) is 5.56 Å². The van der Waals surface area contributed by atoms with E-state index < -0.39 is 0 Å². The van der Waals surface area contributed by atoms with Gasteiger partial charge >= 0.3 is 0 Å². The summed E-state index contributed by atoms with van der Waals surface area (Å²) in [6.45, 7) is 3.61. The maximum atomic E-state index is 11.7. The lowest BCUT2D eigenvalue weighted by Gasteiger charge is -2.17. The van der Waals surface area contributed by atoms with E-state index in [2.05, 4.69) is 4.98 Å². The van der Waals surface area contributed by atoms with Crippen LogP contribution in [0, 0.1) is 0 Å². The van der Waals surface area contributed by atoms with Crippen molar-refractivity contribution in [1.29, 1.82) is 0 Å². The molecule has 0 radical (unpaired) electrons. The molecule has 72 valence electrons. The number of amides is 2. The lowest BCUT2D eigenvalue weighted by atomic mass is 10.2. The Morgan fingerprint density at radius 2 is 2.00 bits per heavy atom. The quantitative estimate of drug-likeness (QED) is 0.623. The number of imide groups is 1. The van der Waals surface area contributed by atoms with Crippen molar-refractivity contribution in [3.8, 4) is 0 Å². The summed E-state index contributed by atoms with van der Waals surface area (Å²) in [6.07, 6.45) is 1.52. The van der Waals surface area contributed by atoms with Gasteiger partial charge in [-0.3, -0.25) is 19.5 Å². The molecule has 0 atom stereocenters. The summed E-state index contributed by atoms with van der Waals surface area (Å²) in [5.74, 6) is -0.534. The molecule has 0 bridgehead atoms. The highest BCUT2D eigenvalue weighted by molar-refractivity contribution is 6.20. The molecular weight excluding hydrogens is 180 g/mol. The second kappa shape index (κ2) is 2.90. The number of fused-ring (bicyclic) bond motifs is 1. The molecule has 0 N–H and O–H groups in total. The van der Waals surface area contributed by atoms with Crippen LogP contribution in [0.4, 0.5) is 0 Å². The Balaban J connectivity index is 2.54. The van der Waals surface area contributed by atoms with Gasteiger partial charge in [-0.2, -0.15) is 0 Å². The van der Waals surface area contributed by atoms with Crippen LogP contribution in [0.1, 0.15) is 34.7 Å². The predicted molar refractivity (Wildman–Crippen MR) is 49.9 cm³/mol. The van der Waals surface area contributed by atoms with E-state index in [-0.39, 0.29) is 23.6 Å². The fourth-order valence-electron chi connectivity index (χ4n) is 1.55. The van der Waals surface area contributed by atoms with Crippen LogP contribution in [0.2, 0.25) is 0 Å². The number of nitrogens with zero attached hydrogens (tertiary/aromatic N) is 2. The van der Waals surface area contributed by atoms with Gasteiger partial charge in [-0.15, -0.1) is 0 Å². The van der Waals surface area contributed by atoms with Crippen LogP contribution >= 0.6 is 0 Å². The van der Waals surface area contributed by atoms with Gasteiger partial charge in [0.1, 0.15) is 5.69 Å². The first-order chi connectivity index (χ1) is 6.63. The summed E-state index contributed by atoms with van der Waals surface area (Å²) in [5, 5.41) is 0. The van der Waals surface area contributed by atoms with Crippen molar-refractivity contribution < 1.29 is 9.59 Å². The monoisotopic (exact) mass is 190 g/mol. The van der Waals surface area contributed by atoms with Gasteiger partial charge in [0.15, 0.2) is 0 Å². The molecule has 0 aliphatic carbocycles. The third-order valence-electron chi connectivity index (χ3n) is 2.19. The first-order valence-electron chi connectivity index (χ1n) is 4.46. The molecule has 0 unspecified atom stereocenters. The largest absolute Gasteiger partial charge is 0.280 e. The minimum Gasteiger partial charge on any atom is -0.270 e. The average Bonchev–Trinajstić information content (AvgIpc) is 2.41. The molecule has 1 aliphatic heterocycles. The van der Waals surface area contributed by atoms with Crippen LogP contribution in [0.3, 0.4) is 0 Å². The molecule has 0 saturated heterocycles. The predicted octanol–water partition coefficient (Wildman–Crippen LogP) is 1.09. The zero-order chi connectivity index (χ0) is 10.3. The maximum absolute atomic E-state index is 11.7. The fourth-order valence-corrected chi connectivity index (χ4v) is 1.55. The molecule has 4 nitrogen and oxygen atoms in total. The van der Waals surface area contributed by atoms with E-state index in [9.17, 15) is 9.59 Å². The van der Waals surface area contributed by atoms with Crippen molar-refractivity contribution in [2.45, 2.75) is 19.9 Å². The second-order valence-electron chi connectivity index (χ2n) is 3.47. The van der Waals surface area contributed by atoms with Crippen molar-refractivity contribution in [3.63, 3.8) is 0 Å². The van der Waals surface area contributed by atoms with Crippen molar-refractivity contribution in [2.75, 3.05) is 0 Å². The Labute approximate surface area is 81.6 Å². The lowest BCUT2D eigenvalue weighted by Crippen LogP contribution is -2.36. The highest BCUT2D eigenvalue weighted by Crippen LogP contribution is 2.21. The Bertz CT molecular complexity index is 377. The number of hydrogen-bond donors (Lipinski definition) is 0. The van der Waals surface area contributed by atoms with E-state index in [1.165, 1.54) is 11.1 Å². The molecule has 2 heterocycles. The van der Waals surface area contributed by atoms with Gasteiger partial charge in [-0.25, -0.2) is 0 Å². The minimum absolute atomic E-state index is 0.121. The van der Waals surface area contributed by atoms with Gasteiger partial charge in [0.2, 0.25) is 0 Å². The second-order valence-corrected chi connectivity index (χ2v) is 3.47. The van der Waals surface area contributed by atoms with Gasteiger partial charge in [-0.05, 0) is 26.0 Å². The van der Waals surface area contributed by atoms with Crippen molar-refractivity contribution in [1.82, 2.24) is 9.88 Å². The highest BCUT2D eigenvalue weighted by Gasteiger charge is 2.37. The van der Waals surface area contributed by atoms with Gasteiger partial charge in [0.05, 0.1) is 5.56 Å². The Hall–Kier alpha value is -1.71. The third kappa shape index (κ3) is 1.04. The zero-order valence-electron chi connectivity index (χ0n) is 8.02. The van der Waals surface area contributed by atoms with Crippen molar-refractivity contribution in [3.05, 3.63) is 29.6 Å². The number of rotatable bonds is 1. The highest BCUT2D eigenvalue weighted by atomic mass is 16.2. The maximum Gasteiger partial charge on any atom is 0.280 e. The van der Waals surface area contributed by atoms with Crippen LogP contribution in [0.25, 0.3) is 0 Å². The number of carbonyl (C=O) groups excluding carboxylic acids is 2. The normalized spacial score (nSPS) is 15.2. The van der Waals surface area contributed by atoms with Crippen LogP contribution in [0.5, 0.6) is 0 Å². The molecule has 0 fully saturated rings. The fraction of sp³-hybridized carbons (Fsp3) is 0.300. The molecule has 14 heavy (non-hydrogen) atoms. The zero-order valence-corrected chi connectivity index (χ0v) is 8.02. The van der Waals surface area contributed by atoms with E-state index >= 15 is 0 Å². The van der Waals surface area contributed by atoms with Crippen LogP contribution in [-0.2, 0) is 0 Å². The lowest BCUT2D eigenvalue weighted by molar-refractivity contribution is 0.0607. The molecule has 1 aromatic heterocycles. The molecule has 1 aromatic rings. The summed E-state index contributed by atoms with van der Waals surface area (Å²) >= 11 is 0. The molecule has 0 saturated carbocycles. The van der Waals surface area contributed by atoms with E-state index in [0.717, 1.165) is 0 Å². The smallest absolute Gasteiger partial charge is 0.270 e. The SMILES string of the molecule is CC(C)N1C(=O)c2cccnc2C1=O. The Morgan fingerprint density at radius 3 is 2.57 bits per heavy atom. The first kappa shape index (κ1) is 8.87. The van der Waals surface area contributed by atoms with Gasteiger partial charge in [0, 0.05) is 12.2 Å². The number of aromatic nitrogens is 1. The standard InChI is InChI=1S/C10H10N2O2/c1-6(2)12-9(13)7-4-3-5-11-8(7)10(12)14/h3-6H,1-2H3. The topological polar surface area (TPSA) is 50.3 Å². The van der Waals surface area contributed by atoms with E-state index in [1.807, 2.05) is 13.8 Å². The molecule has 4 heteroatoms. The summed E-state index contributed by atoms with van der Waals surface area (Å²) < 4.78 is 0. The molecule has 2 rings (SSSR count). The minimum atomic E-state index is -0.291. The molecule has 2 amide bonds. The molecule has 0 spiro atoms. The number of carbonyl (C=O) groups is 2.